The van der Waals surface area contributed by atoms with E-state index in [9.17, 15) is 4.79 Å². The number of hydrogen-bond acceptors (Lipinski definition) is 4. The van der Waals surface area contributed by atoms with E-state index in [1.54, 1.807) is 28.3 Å². The largest absolute Gasteiger partial charge is 0.382 e. The zero-order valence-corrected chi connectivity index (χ0v) is 11.9. The molecule has 2 rings (SSSR count). The van der Waals surface area contributed by atoms with Crippen LogP contribution in [-0.2, 0) is 17.9 Å². The van der Waals surface area contributed by atoms with Crippen LogP contribution in [0.3, 0.4) is 0 Å². The summed E-state index contributed by atoms with van der Waals surface area (Å²) in [7, 11) is 0. The highest BCUT2D eigenvalue weighted by Gasteiger charge is 2.18. The molecule has 0 atom stereocenters. The Balaban J connectivity index is 2.04. The first kappa shape index (κ1) is 13.6. The van der Waals surface area contributed by atoms with Crippen molar-refractivity contribution in [2.45, 2.75) is 33.0 Å². The SMILES string of the molecule is CC(C)N(Cc1cccs1)C(=O)Cn1ccc(N)n1. The number of thiophene rings is 1. The van der Waals surface area contributed by atoms with Gasteiger partial charge in [0.15, 0.2) is 0 Å². The molecular formula is C13H18N4OS. The van der Waals surface area contributed by atoms with Gasteiger partial charge in [-0.15, -0.1) is 11.3 Å². The molecule has 2 N–H and O–H groups in total. The maximum absolute atomic E-state index is 12.3. The van der Waals surface area contributed by atoms with Crippen LogP contribution in [0.5, 0.6) is 0 Å². The summed E-state index contributed by atoms with van der Waals surface area (Å²) in [5.41, 5.74) is 5.54. The smallest absolute Gasteiger partial charge is 0.244 e. The predicted octanol–water partition coefficient (Wildman–Crippen LogP) is 1.96. The highest BCUT2D eigenvalue weighted by molar-refractivity contribution is 7.09. The van der Waals surface area contributed by atoms with Gasteiger partial charge in [-0.2, -0.15) is 5.10 Å². The van der Waals surface area contributed by atoms with Crippen LogP contribution in [-0.4, -0.2) is 26.6 Å². The van der Waals surface area contributed by atoms with Gasteiger partial charge in [0.05, 0.1) is 6.54 Å². The second-order valence-corrected chi connectivity index (χ2v) is 5.67. The van der Waals surface area contributed by atoms with E-state index >= 15 is 0 Å². The second-order valence-electron chi connectivity index (χ2n) is 4.63. The fraction of sp³-hybridized carbons (Fsp3) is 0.385. The average molecular weight is 278 g/mol. The van der Waals surface area contributed by atoms with Crippen LogP contribution in [0.2, 0.25) is 0 Å². The first-order valence-electron chi connectivity index (χ1n) is 6.17. The molecule has 5 nitrogen and oxygen atoms in total. The molecule has 6 heteroatoms. The van der Waals surface area contributed by atoms with Gasteiger partial charge in [0.25, 0.3) is 0 Å². The Bertz CT molecular complexity index is 533. The fourth-order valence-corrected chi connectivity index (χ4v) is 2.53. The zero-order valence-electron chi connectivity index (χ0n) is 11.1. The van der Waals surface area contributed by atoms with Crippen molar-refractivity contribution in [2.75, 3.05) is 5.73 Å². The van der Waals surface area contributed by atoms with Crippen molar-refractivity contribution in [3.63, 3.8) is 0 Å². The summed E-state index contributed by atoms with van der Waals surface area (Å²) >= 11 is 1.66. The van der Waals surface area contributed by atoms with Gasteiger partial charge in [0.2, 0.25) is 5.91 Å². The monoisotopic (exact) mass is 278 g/mol. The van der Waals surface area contributed by atoms with E-state index in [2.05, 4.69) is 5.10 Å². The molecule has 0 aliphatic heterocycles. The number of nitrogens with zero attached hydrogens (tertiary/aromatic N) is 3. The van der Waals surface area contributed by atoms with Gasteiger partial charge in [-0.1, -0.05) is 6.07 Å². The molecule has 0 bridgehead atoms. The number of nitrogen functional groups attached to an aromatic ring is 1. The summed E-state index contributed by atoms with van der Waals surface area (Å²) in [4.78, 5) is 15.4. The van der Waals surface area contributed by atoms with Crippen molar-refractivity contribution in [3.05, 3.63) is 34.7 Å². The van der Waals surface area contributed by atoms with Crippen molar-refractivity contribution in [1.82, 2.24) is 14.7 Å². The van der Waals surface area contributed by atoms with Gasteiger partial charge in [-0.05, 0) is 31.4 Å². The summed E-state index contributed by atoms with van der Waals surface area (Å²) in [6.07, 6.45) is 1.72. The molecule has 0 aliphatic rings. The zero-order chi connectivity index (χ0) is 13.8. The third-order valence-corrected chi connectivity index (χ3v) is 3.67. The van der Waals surface area contributed by atoms with E-state index in [0.717, 1.165) is 0 Å². The van der Waals surface area contributed by atoms with Gasteiger partial charge < -0.3 is 10.6 Å². The van der Waals surface area contributed by atoms with E-state index < -0.39 is 0 Å². The number of nitrogens with two attached hydrogens (primary N) is 1. The van der Waals surface area contributed by atoms with Gasteiger partial charge in [-0.3, -0.25) is 9.48 Å². The number of rotatable bonds is 5. The number of carbonyl (C=O) groups is 1. The molecule has 0 fully saturated rings. The van der Waals surface area contributed by atoms with E-state index in [4.69, 9.17) is 5.73 Å². The van der Waals surface area contributed by atoms with Crippen molar-refractivity contribution >= 4 is 23.1 Å². The summed E-state index contributed by atoms with van der Waals surface area (Å²) in [5.74, 6) is 0.480. The minimum Gasteiger partial charge on any atom is -0.382 e. The maximum Gasteiger partial charge on any atom is 0.244 e. The number of anilines is 1. The van der Waals surface area contributed by atoms with Crippen LogP contribution < -0.4 is 5.73 Å². The summed E-state index contributed by atoms with van der Waals surface area (Å²) in [6, 6.07) is 5.88. The molecule has 0 saturated heterocycles. The molecule has 2 aromatic rings. The van der Waals surface area contributed by atoms with Crippen molar-refractivity contribution in [3.8, 4) is 0 Å². The third kappa shape index (κ3) is 3.57. The average Bonchev–Trinajstić information content (AvgIpc) is 2.97. The summed E-state index contributed by atoms with van der Waals surface area (Å²) < 4.78 is 1.57. The first-order chi connectivity index (χ1) is 9.06. The highest BCUT2D eigenvalue weighted by Crippen LogP contribution is 2.14. The van der Waals surface area contributed by atoms with Crippen molar-refractivity contribution < 1.29 is 4.79 Å². The Hall–Kier alpha value is -1.82. The molecule has 2 heterocycles. The fourth-order valence-electron chi connectivity index (χ4n) is 1.82. The normalized spacial score (nSPS) is 10.9. The molecule has 1 amide bonds. The second kappa shape index (κ2) is 5.88. The molecule has 0 aromatic carbocycles. The quantitative estimate of drug-likeness (QED) is 0.909. The van der Waals surface area contributed by atoms with Crippen molar-refractivity contribution in [2.24, 2.45) is 0 Å². The molecule has 0 unspecified atom stereocenters. The molecule has 19 heavy (non-hydrogen) atoms. The number of aromatic nitrogens is 2. The minimum atomic E-state index is 0.0477. The molecular weight excluding hydrogens is 260 g/mol. The summed E-state index contributed by atoms with van der Waals surface area (Å²) in [5, 5.41) is 6.06. The van der Waals surface area contributed by atoms with Crippen LogP contribution >= 0.6 is 11.3 Å². The van der Waals surface area contributed by atoms with E-state index in [1.807, 2.05) is 36.3 Å². The van der Waals surface area contributed by atoms with Crippen LogP contribution in [0, 0.1) is 0 Å². The maximum atomic E-state index is 12.3. The molecule has 102 valence electrons. The Kier molecular flexibility index (Phi) is 4.21. The Morgan fingerprint density at radius 1 is 1.53 bits per heavy atom. The lowest BCUT2D eigenvalue weighted by Crippen LogP contribution is -2.38. The number of hydrogen-bond donors (Lipinski definition) is 1. The van der Waals surface area contributed by atoms with E-state index in [0.29, 0.717) is 12.4 Å². The minimum absolute atomic E-state index is 0.0477. The van der Waals surface area contributed by atoms with E-state index in [-0.39, 0.29) is 18.5 Å². The van der Waals surface area contributed by atoms with Gasteiger partial charge in [0, 0.05) is 17.1 Å². The Morgan fingerprint density at radius 2 is 2.32 bits per heavy atom. The van der Waals surface area contributed by atoms with Crippen LogP contribution in [0.1, 0.15) is 18.7 Å². The van der Waals surface area contributed by atoms with Crippen LogP contribution in [0.15, 0.2) is 29.8 Å². The predicted molar refractivity (Wildman–Crippen MR) is 76.6 cm³/mol. The standard InChI is InChI=1S/C13H18N4OS/c1-10(2)17(8-11-4-3-7-19-11)13(18)9-16-6-5-12(14)15-16/h3-7,10H,8-9H2,1-2H3,(H2,14,15). The molecule has 0 spiro atoms. The molecule has 0 aliphatic carbocycles. The lowest BCUT2D eigenvalue weighted by Gasteiger charge is -2.26. The highest BCUT2D eigenvalue weighted by atomic mass is 32.1. The summed E-state index contributed by atoms with van der Waals surface area (Å²) in [6.45, 7) is 4.90. The van der Waals surface area contributed by atoms with Crippen molar-refractivity contribution in [1.29, 1.82) is 0 Å². The topological polar surface area (TPSA) is 64.2 Å². The third-order valence-electron chi connectivity index (χ3n) is 2.81. The van der Waals surface area contributed by atoms with E-state index in [1.165, 1.54) is 4.88 Å². The number of amides is 1. The lowest BCUT2D eigenvalue weighted by molar-refractivity contribution is -0.134. The van der Waals surface area contributed by atoms with Crippen LogP contribution in [0.25, 0.3) is 0 Å². The van der Waals surface area contributed by atoms with Gasteiger partial charge >= 0.3 is 0 Å². The van der Waals surface area contributed by atoms with Gasteiger partial charge in [0.1, 0.15) is 12.4 Å². The molecule has 0 saturated carbocycles. The van der Waals surface area contributed by atoms with Crippen LogP contribution in [0.4, 0.5) is 5.82 Å². The molecule has 2 aromatic heterocycles. The Labute approximate surface area is 116 Å². The number of carbonyl (C=O) groups excluding carboxylic acids is 1. The Morgan fingerprint density at radius 3 is 2.84 bits per heavy atom. The lowest BCUT2D eigenvalue weighted by atomic mass is 10.3. The van der Waals surface area contributed by atoms with Gasteiger partial charge in [-0.25, -0.2) is 0 Å². The first-order valence-corrected chi connectivity index (χ1v) is 7.05. The molecule has 0 radical (unpaired) electrons.